The van der Waals surface area contributed by atoms with Crippen LogP contribution in [-0.2, 0) is 0 Å². The molecule has 0 atom stereocenters. The molecule has 0 fully saturated rings. The van der Waals surface area contributed by atoms with E-state index in [1.165, 1.54) is 0 Å². The van der Waals surface area contributed by atoms with Gasteiger partial charge < -0.3 is 10.6 Å². The lowest BCUT2D eigenvalue weighted by Gasteiger charge is -2.18. The predicted octanol–water partition coefficient (Wildman–Crippen LogP) is 2.48. The molecule has 0 saturated carbocycles. The Balaban J connectivity index is 2.26. The van der Waals surface area contributed by atoms with Gasteiger partial charge in [0.15, 0.2) is 0 Å². The Morgan fingerprint density at radius 2 is 1.88 bits per heavy atom. The van der Waals surface area contributed by atoms with Gasteiger partial charge >= 0.3 is 0 Å². The van der Waals surface area contributed by atoms with Crippen LogP contribution in [0, 0.1) is 0 Å². The lowest BCUT2D eigenvalue weighted by molar-refractivity contribution is 1.12. The summed E-state index contributed by atoms with van der Waals surface area (Å²) in [7, 11) is 1.97. The first-order valence-corrected chi connectivity index (χ1v) is 5.64. The number of anilines is 2. The zero-order valence-corrected chi connectivity index (χ0v) is 10.3. The second kappa shape index (κ2) is 4.93. The second-order valence-corrected chi connectivity index (χ2v) is 4.10. The number of benzene rings is 1. The van der Waals surface area contributed by atoms with E-state index in [4.69, 9.17) is 18.0 Å². The summed E-state index contributed by atoms with van der Waals surface area (Å²) in [4.78, 5) is 6.71. The standard InChI is InChI=1S/C13H13N3S/c1-16(11-5-3-2-4-6-11)12-8-7-10(9-15-12)13(14)17/h2-9H,1H3,(H2,14,17). The SMILES string of the molecule is CN(c1ccccc1)c1ccc(C(N)=S)cn1. The number of nitrogens with two attached hydrogens (primary N) is 1. The summed E-state index contributed by atoms with van der Waals surface area (Å²) < 4.78 is 0. The van der Waals surface area contributed by atoms with Crippen LogP contribution in [0.15, 0.2) is 48.7 Å². The average Bonchev–Trinajstić information content (AvgIpc) is 2.39. The third-order valence-electron chi connectivity index (χ3n) is 2.52. The van der Waals surface area contributed by atoms with Crippen LogP contribution in [0.4, 0.5) is 11.5 Å². The Morgan fingerprint density at radius 1 is 1.18 bits per heavy atom. The summed E-state index contributed by atoms with van der Waals surface area (Å²) in [5.41, 5.74) is 7.40. The Kier molecular flexibility index (Phi) is 3.35. The number of hydrogen-bond acceptors (Lipinski definition) is 3. The van der Waals surface area contributed by atoms with Gasteiger partial charge in [0.25, 0.3) is 0 Å². The maximum atomic E-state index is 5.53. The highest BCUT2D eigenvalue weighted by Crippen LogP contribution is 2.20. The van der Waals surface area contributed by atoms with E-state index in [-0.39, 0.29) is 0 Å². The van der Waals surface area contributed by atoms with Crippen molar-refractivity contribution < 1.29 is 0 Å². The summed E-state index contributed by atoms with van der Waals surface area (Å²) in [6.07, 6.45) is 1.69. The Bertz CT molecular complexity index is 508. The maximum absolute atomic E-state index is 5.53. The van der Waals surface area contributed by atoms with Crippen molar-refractivity contribution in [3.8, 4) is 0 Å². The van der Waals surface area contributed by atoms with Gasteiger partial charge in [0.05, 0.1) is 0 Å². The fourth-order valence-electron chi connectivity index (χ4n) is 1.51. The third kappa shape index (κ3) is 2.60. The van der Waals surface area contributed by atoms with Crippen LogP contribution >= 0.6 is 12.2 Å². The highest BCUT2D eigenvalue weighted by molar-refractivity contribution is 7.80. The molecular formula is C13H13N3S. The molecule has 2 aromatic rings. The van der Waals surface area contributed by atoms with Crippen molar-refractivity contribution in [1.82, 2.24) is 4.98 Å². The van der Waals surface area contributed by atoms with Gasteiger partial charge in [-0.25, -0.2) is 4.98 Å². The van der Waals surface area contributed by atoms with Crippen molar-refractivity contribution in [2.75, 3.05) is 11.9 Å². The topological polar surface area (TPSA) is 42.1 Å². The molecule has 3 nitrogen and oxygen atoms in total. The normalized spacial score (nSPS) is 9.94. The first kappa shape index (κ1) is 11.5. The van der Waals surface area contributed by atoms with E-state index >= 15 is 0 Å². The quantitative estimate of drug-likeness (QED) is 0.841. The van der Waals surface area contributed by atoms with Crippen molar-refractivity contribution in [3.63, 3.8) is 0 Å². The van der Waals surface area contributed by atoms with Crippen LogP contribution in [0.3, 0.4) is 0 Å². The Morgan fingerprint density at radius 3 is 2.41 bits per heavy atom. The monoisotopic (exact) mass is 243 g/mol. The van der Waals surface area contributed by atoms with Crippen LogP contribution in [0.25, 0.3) is 0 Å². The van der Waals surface area contributed by atoms with E-state index in [0.717, 1.165) is 17.1 Å². The molecule has 1 aromatic carbocycles. The summed E-state index contributed by atoms with van der Waals surface area (Å²) >= 11 is 4.89. The number of thiocarbonyl (C=S) groups is 1. The van der Waals surface area contributed by atoms with Crippen LogP contribution in [-0.4, -0.2) is 17.0 Å². The molecule has 1 aromatic heterocycles. The van der Waals surface area contributed by atoms with Gasteiger partial charge in [-0.2, -0.15) is 0 Å². The lowest BCUT2D eigenvalue weighted by atomic mass is 10.2. The van der Waals surface area contributed by atoms with Crippen LogP contribution in [0.1, 0.15) is 5.56 Å². The molecule has 0 radical (unpaired) electrons. The maximum Gasteiger partial charge on any atom is 0.132 e. The van der Waals surface area contributed by atoms with E-state index in [1.807, 2.05) is 54.4 Å². The van der Waals surface area contributed by atoms with Crippen molar-refractivity contribution in [2.24, 2.45) is 5.73 Å². The van der Waals surface area contributed by atoms with Gasteiger partial charge in [-0.05, 0) is 24.3 Å². The summed E-state index contributed by atoms with van der Waals surface area (Å²) in [6.45, 7) is 0. The van der Waals surface area contributed by atoms with Crippen LogP contribution in [0.5, 0.6) is 0 Å². The van der Waals surface area contributed by atoms with Gasteiger partial charge in [-0.3, -0.25) is 0 Å². The summed E-state index contributed by atoms with van der Waals surface area (Å²) in [5, 5.41) is 0. The molecule has 1 heterocycles. The van der Waals surface area contributed by atoms with E-state index in [0.29, 0.717) is 4.99 Å². The molecule has 0 unspecified atom stereocenters. The number of pyridine rings is 1. The highest BCUT2D eigenvalue weighted by atomic mass is 32.1. The zero-order chi connectivity index (χ0) is 12.3. The fourth-order valence-corrected chi connectivity index (χ4v) is 1.63. The first-order valence-electron chi connectivity index (χ1n) is 5.23. The van der Waals surface area contributed by atoms with Crippen LogP contribution in [0.2, 0.25) is 0 Å². The molecule has 0 saturated heterocycles. The largest absolute Gasteiger partial charge is 0.389 e. The minimum Gasteiger partial charge on any atom is -0.389 e. The van der Waals surface area contributed by atoms with E-state index < -0.39 is 0 Å². The third-order valence-corrected chi connectivity index (χ3v) is 2.76. The Hall–Kier alpha value is -1.94. The molecule has 2 rings (SSSR count). The fraction of sp³-hybridized carbons (Fsp3) is 0.0769. The van der Waals surface area contributed by atoms with Crippen molar-refractivity contribution in [2.45, 2.75) is 0 Å². The zero-order valence-electron chi connectivity index (χ0n) is 9.50. The van der Waals surface area contributed by atoms with Gasteiger partial charge in [0, 0.05) is 24.5 Å². The van der Waals surface area contributed by atoms with Crippen molar-refractivity contribution in [3.05, 3.63) is 54.2 Å². The van der Waals surface area contributed by atoms with Gasteiger partial charge in [0.2, 0.25) is 0 Å². The first-order chi connectivity index (χ1) is 8.18. The molecule has 0 aliphatic rings. The minimum absolute atomic E-state index is 0.367. The van der Waals surface area contributed by atoms with Gasteiger partial charge in [-0.15, -0.1) is 0 Å². The van der Waals surface area contributed by atoms with E-state index in [9.17, 15) is 0 Å². The van der Waals surface area contributed by atoms with Crippen molar-refractivity contribution in [1.29, 1.82) is 0 Å². The molecule has 0 amide bonds. The number of hydrogen-bond donors (Lipinski definition) is 1. The second-order valence-electron chi connectivity index (χ2n) is 3.66. The Labute approximate surface area is 106 Å². The predicted molar refractivity (Wildman–Crippen MR) is 74.6 cm³/mol. The molecular weight excluding hydrogens is 230 g/mol. The average molecular weight is 243 g/mol. The molecule has 0 bridgehead atoms. The van der Waals surface area contributed by atoms with Crippen LogP contribution < -0.4 is 10.6 Å². The van der Waals surface area contributed by atoms with Gasteiger partial charge in [0.1, 0.15) is 10.8 Å². The van der Waals surface area contributed by atoms with Gasteiger partial charge in [-0.1, -0.05) is 30.4 Å². The summed E-state index contributed by atoms with van der Waals surface area (Å²) in [6, 6.07) is 13.8. The molecule has 0 aliphatic heterocycles. The minimum atomic E-state index is 0.367. The number of para-hydroxylation sites is 1. The lowest BCUT2D eigenvalue weighted by Crippen LogP contribution is -2.13. The highest BCUT2D eigenvalue weighted by Gasteiger charge is 2.05. The van der Waals surface area contributed by atoms with E-state index in [2.05, 4.69) is 4.98 Å². The van der Waals surface area contributed by atoms with Crippen molar-refractivity contribution >= 4 is 28.7 Å². The molecule has 0 spiro atoms. The van der Waals surface area contributed by atoms with E-state index in [1.54, 1.807) is 6.20 Å². The smallest absolute Gasteiger partial charge is 0.132 e. The summed E-state index contributed by atoms with van der Waals surface area (Å²) in [5.74, 6) is 0.858. The molecule has 86 valence electrons. The molecule has 2 N–H and O–H groups in total. The number of rotatable bonds is 3. The number of aromatic nitrogens is 1. The molecule has 17 heavy (non-hydrogen) atoms. The molecule has 0 aliphatic carbocycles. The number of nitrogens with zero attached hydrogens (tertiary/aromatic N) is 2. The molecule has 4 heteroatoms.